The molecule has 37 heavy (non-hydrogen) atoms. The number of nitrogen functional groups attached to an aromatic ring is 2. The van der Waals surface area contributed by atoms with E-state index in [-0.39, 0.29) is 30.2 Å². The van der Waals surface area contributed by atoms with Crippen LogP contribution in [0, 0.1) is 0 Å². The first-order chi connectivity index (χ1) is 17.4. The number of rotatable bonds is 9. The topological polar surface area (TPSA) is 179 Å². The number of para-hydroxylation sites is 1. The average molecular weight is 554 g/mol. The zero-order valence-corrected chi connectivity index (χ0v) is 22.3. The van der Waals surface area contributed by atoms with E-state index < -0.39 is 37.0 Å². The number of halogens is 1. The summed E-state index contributed by atoms with van der Waals surface area (Å²) in [5.41, 5.74) is 12.3. The van der Waals surface area contributed by atoms with Crippen molar-refractivity contribution in [1.82, 2.24) is 24.6 Å². The number of ether oxygens (including phenoxy) is 2. The molecule has 15 heteroatoms. The van der Waals surface area contributed by atoms with Crippen LogP contribution < -0.4 is 21.1 Å². The summed E-state index contributed by atoms with van der Waals surface area (Å²) in [6, 6.07) is 7.39. The molecule has 0 amide bonds. The van der Waals surface area contributed by atoms with Crippen molar-refractivity contribution >= 4 is 48.2 Å². The standard InChI is InChI=1S/C22H29ClN7O6P/c1-12(2)34-19(31)13(3)29-37(32,35-14-8-6-5-7-9-14)36-15-10-33-20(22(15,4)23)30-11-26-16-17(24)27-21(25)28-18(16)30/h5-9,11-13,15,20H,10H2,1-4H3,(H,29,32)(H4,24,25,27,28)/t13-,15+,20+,22+,37?/m0/s1. The van der Waals surface area contributed by atoms with E-state index in [1.165, 1.54) is 13.3 Å². The maximum atomic E-state index is 14.0. The van der Waals surface area contributed by atoms with Gasteiger partial charge >= 0.3 is 13.7 Å². The molecule has 0 radical (unpaired) electrons. The highest BCUT2D eigenvalue weighted by atomic mass is 35.5. The number of fused-ring (bicyclic) bond motifs is 1. The van der Waals surface area contributed by atoms with E-state index in [0.29, 0.717) is 11.2 Å². The van der Waals surface area contributed by atoms with Gasteiger partial charge in [0.2, 0.25) is 5.95 Å². The van der Waals surface area contributed by atoms with Crippen LogP contribution in [-0.2, 0) is 23.4 Å². The van der Waals surface area contributed by atoms with Crippen molar-refractivity contribution in [2.24, 2.45) is 0 Å². The Morgan fingerprint density at radius 2 is 1.97 bits per heavy atom. The first kappa shape index (κ1) is 27.1. The number of anilines is 2. The summed E-state index contributed by atoms with van der Waals surface area (Å²) >= 11 is 6.95. The maximum Gasteiger partial charge on any atom is 0.459 e. The Balaban J connectivity index is 1.61. The third-order valence-electron chi connectivity index (χ3n) is 5.53. The number of alkyl halides is 1. The molecule has 0 bridgehead atoms. The van der Waals surface area contributed by atoms with Crippen LogP contribution in [0.2, 0.25) is 0 Å². The minimum Gasteiger partial charge on any atom is -0.462 e. The van der Waals surface area contributed by atoms with Gasteiger partial charge in [0.25, 0.3) is 0 Å². The summed E-state index contributed by atoms with van der Waals surface area (Å²) in [6.45, 7) is 6.51. The van der Waals surface area contributed by atoms with Crippen molar-refractivity contribution in [2.75, 3.05) is 18.1 Å². The van der Waals surface area contributed by atoms with Crippen LogP contribution in [0.3, 0.4) is 0 Å². The van der Waals surface area contributed by atoms with Crippen molar-refractivity contribution in [1.29, 1.82) is 0 Å². The molecule has 0 saturated carbocycles. The molecule has 4 rings (SSSR count). The van der Waals surface area contributed by atoms with E-state index in [2.05, 4.69) is 20.0 Å². The fourth-order valence-corrected chi connectivity index (χ4v) is 5.86. The Hall–Kier alpha value is -2.96. The van der Waals surface area contributed by atoms with E-state index >= 15 is 0 Å². The number of carbonyl (C=O) groups is 1. The van der Waals surface area contributed by atoms with Crippen LogP contribution >= 0.6 is 19.3 Å². The lowest BCUT2D eigenvalue weighted by atomic mass is 10.1. The van der Waals surface area contributed by atoms with Gasteiger partial charge in [0, 0.05) is 0 Å². The summed E-state index contributed by atoms with van der Waals surface area (Å²) in [6.07, 6.45) is -0.723. The Labute approximate surface area is 218 Å². The first-order valence-electron chi connectivity index (χ1n) is 11.5. The number of nitrogens with zero attached hydrogens (tertiary/aromatic N) is 4. The van der Waals surface area contributed by atoms with Gasteiger partial charge in [-0.05, 0) is 39.8 Å². The molecule has 1 aromatic carbocycles. The molecular weight excluding hydrogens is 525 g/mol. The maximum absolute atomic E-state index is 14.0. The molecule has 5 atom stereocenters. The quantitative estimate of drug-likeness (QED) is 0.200. The molecule has 3 heterocycles. The molecule has 13 nitrogen and oxygen atoms in total. The van der Waals surface area contributed by atoms with E-state index in [4.69, 9.17) is 41.6 Å². The highest BCUT2D eigenvalue weighted by molar-refractivity contribution is 7.52. The van der Waals surface area contributed by atoms with Crippen molar-refractivity contribution < 1.29 is 27.9 Å². The number of carbonyl (C=O) groups excluding carboxylic acids is 1. The Morgan fingerprint density at radius 3 is 2.65 bits per heavy atom. The molecule has 200 valence electrons. The van der Waals surface area contributed by atoms with Gasteiger partial charge in [-0.3, -0.25) is 13.9 Å². The summed E-state index contributed by atoms with van der Waals surface area (Å²) in [4.78, 5) is 23.5. The Bertz CT molecular complexity index is 1320. The van der Waals surface area contributed by atoms with Crippen LogP contribution in [0.4, 0.5) is 11.8 Å². The van der Waals surface area contributed by atoms with Gasteiger partial charge < -0.3 is 25.5 Å². The predicted octanol–water partition coefficient (Wildman–Crippen LogP) is 3.02. The number of esters is 1. The Morgan fingerprint density at radius 1 is 1.27 bits per heavy atom. The number of nitrogens with two attached hydrogens (primary N) is 2. The van der Waals surface area contributed by atoms with Gasteiger partial charge in [0.1, 0.15) is 28.3 Å². The van der Waals surface area contributed by atoms with Crippen LogP contribution in [0.25, 0.3) is 11.2 Å². The van der Waals surface area contributed by atoms with Gasteiger partial charge in [-0.1, -0.05) is 18.2 Å². The molecule has 1 aliphatic heterocycles. The number of aromatic nitrogens is 4. The van der Waals surface area contributed by atoms with Gasteiger partial charge in [-0.25, -0.2) is 9.55 Å². The molecule has 3 aromatic rings. The zero-order chi connectivity index (χ0) is 27.0. The highest BCUT2D eigenvalue weighted by Gasteiger charge is 2.53. The number of imidazole rings is 1. The monoisotopic (exact) mass is 553 g/mol. The lowest BCUT2D eigenvalue weighted by Gasteiger charge is -2.31. The Kier molecular flexibility index (Phi) is 7.63. The van der Waals surface area contributed by atoms with Crippen LogP contribution in [0.15, 0.2) is 36.7 Å². The molecule has 2 aromatic heterocycles. The molecule has 5 N–H and O–H groups in total. The summed E-state index contributed by atoms with van der Waals surface area (Å²) < 4.78 is 38.4. The molecule has 0 aliphatic carbocycles. The van der Waals surface area contributed by atoms with E-state index in [9.17, 15) is 9.36 Å². The fourth-order valence-electron chi connectivity index (χ4n) is 3.77. The predicted molar refractivity (Wildman–Crippen MR) is 137 cm³/mol. The van der Waals surface area contributed by atoms with E-state index in [0.717, 1.165) is 0 Å². The van der Waals surface area contributed by atoms with Crippen LogP contribution in [-0.4, -0.2) is 55.2 Å². The third-order valence-corrected chi connectivity index (χ3v) is 7.64. The van der Waals surface area contributed by atoms with Crippen molar-refractivity contribution in [3.63, 3.8) is 0 Å². The minimum atomic E-state index is -4.20. The summed E-state index contributed by atoms with van der Waals surface area (Å²) in [7, 11) is -4.20. The molecule has 0 spiro atoms. The van der Waals surface area contributed by atoms with Gasteiger partial charge in [0.15, 0.2) is 17.7 Å². The molecule has 1 fully saturated rings. The van der Waals surface area contributed by atoms with Crippen molar-refractivity contribution in [2.45, 2.75) is 57.0 Å². The zero-order valence-electron chi connectivity index (χ0n) is 20.7. The second-order valence-corrected chi connectivity index (χ2v) is 11.4. The fraction of sp³-hybridized carbons (Fsp3) is 0.455. The number of benzene rings is 1. The molecular formula is C22H29ClN7O6P. The second kappa shape index (κ2) is 10.4. The average Bonchev–Trinajstić information content (AvgIpc) is 3.33. The largest absolute Gasteiger partial charge is 0.462 e. The SMILES string of the molecule is CC(C)OC(=O)[C@H](C)NP(=O)(Oc1ccccc1)O[C@@H]1CO[C@@H](n2cnc3c(N)nc(N)nc32)[C@]1(C)Cl. The first-order valence-corrected chi connectivity index (χ1v) is 13.4. The lowest BCUT2D eigenvalue weighted by molar-refractivity contribution is -0.149. The van der Waals surface area contributed by atoms with E-state index in [1.54, 1.807) is 55.7 Å². The smallest absolute Gasteiger partial charge is 0.459 e. The second-order valence-electron chi connectivity index (χ2n) is 8.96. The highest BCUT2D eigenvalue weighted by Crippen LogP contribution is 2.52. The van der Waals surface area contributed by atoms with Gasteiger partial charge in [-0.15, -0.1) is 11.6 Å². The van der Waals surface area contributed by atoms with Crippen molar-refractivity contribution in [3.8, 4) is 5.75 Å². The van der Waals surface area contributed by atoms with Crippen LogP contribution in [0.5, 0.6) is 5.75 Å². The number of hydrogen-bond acceptors (Lipinski definition) is 11. The molecule has 1 aliphatic rings. The number of nitrogens with one attached hydrogen (secondary N) is 1. The molecule has 1 saturated heterocycles. The van der Waals surface area contributed by atoms with Gasteiger partial charge in [0.05, 0.1) is 19.0 Å². The van der Waals surface area contributed by atoms with E-state index in [1.807, 2.05) is 0 Å². The summed E-state index contributed by atoms with van der Waals surface area (Å²) in [5, 5.41) is 2.66. The summed E-state index contributed by atoms with van der Waals surface area (Å²) in [5.74, 6) is -0.293. The normalized spacial score (nSPS) is 24.2. The van der Waals surface area contributed by atoms with Gasteiger partial charge in [-0.2, -0.15) is 15.1 Å². The lowest BCUT2D eigenvalue weighted by Crippen LogP contribution is -2.41. The number of hydrogen-bond donors (Lipinski definition) is 3. The third kappa shape index (κ3) is 5.81. The molecule has 1 unspecified atom stereocenters. The van der Waals surface area contributed by atoms with Crippen molar-refractivity contribution in [3.05, 3.63) is 36.7 Å². The van der Waals surface area contributed by atoms with Crippen LogP contribution in [0.1, 0.15) is 33.9 Å². The minimum absolute atomic E-state index is 0.0407.